The lowest BCUT2D eigenvalue weighted by Gasteiger charge is -2.43. The standard InChI is InChI=1S/C19H37N3O/c1-15(2)14-21-10-12-22(13-11-21)18-8-6-17(7-9-18)20(5)19(23)16(3)4/h15-18H,6-14H2,1-5H3. The van der Waals surface area contributed by atoms with E-state index in [1.807, 2.05) is 25.8 Å². The summed E-state index contributed by atoms with van der Waals surface area (Å²) in [5, 5.41) is 0. The second-order valence-corrected chi connectivity index (χ2v) is 8.30. The van der Waals surface area contributed by atoms with Gasteiger partial charge in [0.2, 0.25) is 5.91 Å². The number of piperazine rings is 1. The molecule has 1 aliphatic heterocycles. The quantitative estimate of drug-likeness (QED) is 0.778. The predicted molar refractivity (Wildman–Crippen MR) is 96.5 cm³/mol. The SMILES string of the molecule is CC(C)CN1CCN(C2CCC(N(C)C(=O)C(C)C)CC2)CC1. The number of rotatable bonds is 5. The highest BCUT2D eigenvalue weighted by Gasteiger charge is 2.31. The fourth-order valence-electron chi connectivity index (χ4n) is 4.23. The molecule has 1 saturated carbocycles. The van der Waals surface area contributed by atoms with E-state index in [0.717, 1.165) is 12.0 Å². The number of carbonyl (C=O) groups is 1. The van der Waals surface area contributed by atoms with Crippen LogP contribution in [0.3, 0.4) is 0 Å². The monoisotopic (exact) mass is 323 g/mol. The van der Waals surface area contributed by atoms with Gasteiger partial charge < -0.3 is 9.80 Å². The zero-order valence-electron chi connectivity index (χ0n) is 15.9. The van der Waals surface area contributed by atoms with E-state index in [-0.39, 0.29) is 5.92 Å². The molecule has 0 atom stereocenters. The van der Waals surface area contributed by atoms with Crippen LogP contribution in [0.2, 0.25) is 0 Å². The van der Waals surface area contributed by atoms with Crippen LogP contribution in [0, 0.1) is 11.8 Å². The third kappa shape index (κ3) is 5.18. The first-order valence-corrected chi connectivity index (χ1v) is 9.61. The molecule has 4 heteroatoms. The van der Waals surface area contributed by atoms with Gasteiger partial charge >= 0.3 is 0 Å². The van der Waals surface area contributed by atoms with Crippen LogP contribution < -0.4 is 0 Å². The van der Waals surface area contributed by atoms with Gasteiger partial charge in [-0.2, -0.15) is 0 Å². The molecule has 2 fully saturated rings. The maximum atomic E-state index is 12.2. The topological polar surface area (TPSA) is 26.8 Å². The normalized spacial score (nSPS) is 27.6. The molecular formula is C19H37N3O. The van der Waals surface area contributed by atoms with E-state index in [4.69, 9.17) is 0 Å². The van der Waals surface area contributed by atoms with Gasteiger partial charge in [0.25, 0.3) is 0 Å². The molecule has 2 aliphatic rings. The van der Waals surface area contributed by atoms with E-state index in [0.29, 0.717) is 11.9 Å². The Kier molecular flexibility index (Phi) is 6.90. The van der Waals surface area contributed by atoms with Crippen LogP contribution in [-0.2, 0) is 4.79 Å². The summed E-state index contributed by atoms with van der Waals surface area (Å²) >= 11 is 0. The summed E-state index contributed by atoms with van der Waals surface area (Å²) in [5.41, 5.74) is 0. The van der Waals surface area contributed by atoms with Crippen molar-refractivity contribution in [1.29, 1.82) is 0 Å². The minimum Gasteiger partial charge on any atom is -0.343 e. The first-order chi connectivity index (χ1) is 10.9. The number of amides is 1. The number of carbonyl (C=O) groups excluding carboxylic acids is 1. The van der Waals surface area contributed by atoms with Crippen molar-refractivity contribution in [2.24, 2.45) is 11.8 Å². The highest BCUT2D eigenvalue weighted by atomic mass is 16.2. The van der Waals surface area contributed by atoms with Crippen LogP contribution in [-0.4, -0.2) is 72.5 Å². The van der Waals surface area contributed by atoms with Gasteiger partial charge in [0.05, 0.1) is 0 Å². The van der Waals surface area contributed by atoms with Crippen molar-refractivity contribution < 1.29 is 4.79 Å². The summed E-state index contributed by atoms with van der Waals surface area (Å²) in [4.78, 5) is 19.5. The maximum absolute atomic E-state index is 12.2. The lowest BCUT2D eigenvalue weighted by molar-refractivity contribution is -0.136. The number of hydrogen-bond donors (Lipinski definition) is 0. The van der Waals surface area contributed by atoms with Crippen molar-refractivity contribution in [2.45, 2.75) is 65.5 Å². The molecule has 0 aromatic heterocycles. The highest BCUT2D eigenvalue weighted by Crippen LogP contribution is 2.27. The highest BCUT2D eigenvalue weighted by molar-refractivity contribution is 5.78. The van der Waals surface area contributed by atoms with Gasteiger partial charge in [-0.15, -0.1) is 0 Å². The summed E-state index contributed by atoms with van der Waals surface area (Å²) in [5.74, 6) is 1.19. The molecule has 0 aromatic carbocycles. The average molecular weight is 324 g/mol. The molecule has 0 bridgehead atoms. The summed E-state index contributed by atoms with van der Waals surface area (Å²) in [7, 11) is 2.00. The van der Waals surface area contributed by atoms with Gasteiger partial charge in [0, 0.05) is 57.8 Å². The molecule has 0 unspecified atom stereocenters. The van der Waals surface area contributed by atoms with Gasteiger partial charge in [-0.25, -0.2) is 0 Å². The van der Waals surface area contributed by atoms with Crippen molar-refractivity contribution in [3.05, 3.63) is 0 Å². The van der Waals surface area contributed by atoms with Crippen LogP contribution in [0.1, 0.15) is 53.4 Å². The molecule has 1 saturated heterocycles. The maximum Gasteiger partial charge on any atom is 0.225 e. The first kappa shape index (κ1) is 18.7. The third-order valence-electron chi connectivity index (χ3n) is 5.60. The van der Waals surface area contributed by atoms with Crippen molar-refractivity contribution in [1.82, 2.24) is 14.7 Å². The fourth-order valence-corrected chi connectivity index (χ4v) is 4.23. The minimum absolute atomic E-state index is 0.117. The second-order valence-electron chi connectivity index (χ2n) is 8.30. The average Bonchev–Trinajstić information content (AvgIpc) is 2.53. The molecule has 1 amide bonds. The molecule has 1 heterocycles. The number of nitrogens with zero attached hydrogens (tertiary/aromatic N) is 3. The molecule has 4 nitrogen and oxygen atoms in total. The first-order valence-electron chi connectivity index (χ1n) is 9.61. The van der Waals surface area contributed by atoms with Crippen LogP contribution in [0.15, 0.2) is 0 Å². The summed E-state index contributed by atoms with van der Waals surface area (Å²) < 4.78 is 0. The van der Waals surface area contributed by atoms with Crippen LogP contribution in [0.4, 0.5) is 0 Å². The molecule has 0 aromatic rings. The Labute approximate surface area is 143 Å². The summed E-state index contributed by atoms with van der Waals surface area (Å²) in [6.45, 7) is 14.8. The fraction of sp³-hybridized carbons (Fsp3) is 0.947. The Morgan fingerprint density at radius 3 is 2.04 bits per heavy atom. The van der Waals surface area contributed by atoms with Gasteiger partial charge in [0.1, 0.15) is 0 Å². The minimum atomic E-state index is 0.117. The van der Waals surface area contributed by atoms with Gasteiger partial charge in [0.15, 0.2) is 0 Å². The van der Waals surface area contributed by atoms with Crippen molar-refractivity contribution in [3.63, 3.8) is 0 Å². The molecule has 0 spiro atoms. The van der Waals surface area contributed by atoms with Crippen molar-refractivity contribution >= 4 is 5.91 Å². The Morgan fingerprint density at radius 2 is 1.57 bits per heavy atom. The Hall–Kier alpha value is -0.610. The summed E-state index contributed by atoms with van der Waals surface area (Å²) in [6.07, 6.45) is 4.85. The molecule has 23 heavy (non-hydrogen) atoms. The van der Waals surface area contributed by atoms with E-state index in [2.05, 4.69) is 23.6 Å². The predicted octanol–water partition coefficient (Wildman–Crippen LogP) is 2.69. The van der Waals surface area contributed by atoms with E-state index in [1.165, 1.54) is 58.4 Å². The van der Waals surface area contributed by atoms with Crippen molar-refractivity contribution in [2.75, 3.05) is 39.8 Å². The molecule has 0 radical (unpaired) electrons. The molecule has 2 rings (SSSR count). The molecular weight excluding hydrogens is 286 g/mol. The third-order valence-corrected chi connectivity index (χ3v) is 5.60. The van der Waals surface area contributed by atoms with E-state index in [9.17, 15) is 4.79 Å². The lowest BCUT2D eigenvalue weighted by Crippen LogP contribution is -2.53. The smallest absolute Gasteiger partial charge is 0.225 e. The molecule has 1 aliphatic carbocycles. The largest absolute Gasteiger partial charge is 0.343 e. The molecule has 134 valence electrons. The zero-order chi connectivity index (χ0) is 17.0. The molecule has 0 N–H and O–H groups in total. The van der Waals surface area contributed by atoms with Gasteiger partial charge in [-0.05, 0) is 31.6 Å². The van der Waals surface area contributed by atoms with E-state index in [1.54, 1.807) is 0 Å². The van der Waals surface area contributed by atoms with Gasteiger partial charge in [-0.3, -0.25) is 9.69 Å². The van der Waals surface area contributed by atoms with E-state index >= 15 is 0 Å². The second kappa shape index (κ2) is 8.48. The van der Waals surface area contributed by atoms with Gasteiger partial charge in [-0.1, -0.05) is 27.7 Å². The van der Waals surface area contributed by atoms with Crippen molar-refractivity contribution in [3.8, 4) is 0 Å². The van der Waals surface area contributed by atoms with Crippen LogP contribution in [0.25, 0.3) is 0 Å². The zero-order valence-corrected chi connectivity index (χ0v) is 15.9. The van der Waals surface area contributed by atoms with E-state index < -0.39 is 0 Å². The summed E-state index contributed by atoms with van der Waals surface area (Å²) in [6, 6.07) is 1.21. The van der Waals surface area contributed by atoms with Crippen LogP contribution in [0.5, 0.6) is 0 Å². The Morgan fingerprint density at radius 1 is 1.00 bits per heavy atom. The Balaban J connectivity index is 1.74. The number of hydrogen-bond acceptors (Lipinski definition) is 3. The Bertz CT molecular complexity index is 367. The van der Waals surface area contributed by atoms with Crippen LogP contribution >= 0.6 is 0 Å². The lowest BCUT2D eigenvalue weighted by atomic mass is 9.88.